The van der Waals surface area contributed by atoms with E-state index in [-0.39, 0.29) is 29.5 Å². The van der Waals surface area contributed by atoms with Gasteiger partial charge in [0.15, 0.2) is 23.5 Å². The molecule has 1 N–H and O–H groups in total. The first kappa shape index (κ1) is 20.5. The van der Waals surface area contributed by atoms with E-state index in [1.807, 2.05) is 0 Å². The van der Waals surface area contributed by atoms with E-state index < -0.39 is 46.9 Å². The second kappa shape index (κ2) is 7.81. The molecule has 0 aliphatic rings. The molecule has 5 nitrogen and oxygen atoms in total. The molecule has 0 aliphatic carbocycles. The largest absolute Gasteiger partial charge is 0.476 e. The van der Waals surface area contributed by atoms with Crippen molar-refractivity contribution in [2.45, 2.75) is 33.8 Å². The monoisotopic (exact) mass is 387 g/mol. The lowest BCUT2D eigenvalue weighted by Crippen LogP contribution is -2.26. The van der Waals surface area contributed by atoms with Gasteiger partial charge in [-0.3, -0.25) is 4.79 Å². The summed E-state index contributed by atoms with van der Waals surface area (Å²) in [4.78, 5) is 27.3. The highest BCUT2D eigenvalue weighted by Crippen LogP contribution is 2.28. The molecule has 0 fully saturated rings. The summed E-state index contributed by atoms with van der Waals surface area (Å²) in [5, 5.41) is 0. The van der Waals surface area contributed by atoms with Gasteiger partial charge in [-0.1, -0.05) is 0 Å². The molecule has 2 rings (SSSR count). The van der Waals surface area contributed by atoms with Gasteiger partial charge in [0.2, 0.25) is 17.4 Å². The van der Waals surface area contributed by atoms with Crippen molar-refractivity contribution in [2.24, 2.45) is 0 Å². The maximum atomic E-state index is 13.7. The first-order valence-corrected chi connectivity index (χ1v) is 8.00. The first-order valence-electron chi connectivity index (χ1n) is 8.00. The minimum absolute atomic E-state index is 0.0358. The zero-order chi connectivity index (χ0) is 20.5. The average Bonchev–Trinajstić information content (AvgIpc) is 2.90. The van der Waals surface area contributed by atoms with Crippen molar-refractivity contribution in [3.63, 3.8) is 0 Å². The number of ketones is 1. The molecule has 0 saturated carbocycles. The molecule has 0 amide bonds. The summed E-state index contributed by atoms with van der Waals surface area (Å²) >= 11 is 0. The highest BCUT2D eigenvalue weighted by atomic mass is 19.2. The van der Waals surface area contributed by atoms with Crippen LogP contribution in [0.2, 0.25) is 0 Å². The van der Waals surface area contributed by atoms with E-state index >= 15 is 0 Å². The molecule has 27 heavy (non-hydrogen) atoms. The van der Waals surface area contributed by atoms with Gasteiger partial charge in [0.25, 0.3) is 0 Å². The Bertz CT molecular complexity index is 881. The summed E-state index contributed by atoms with van der Waals surface area (Å²) in [6.07, 6.45) is -1.50. The van der Waals surface area contributed by atoms with E-state index in [4.69, 9.17) is 9.47 Å². The number of esters is 1. The zero-order valence-electron chi connectivity index (χ0n) is 15.0. The summed E-state index contributed by atoms with van der Waals surface area (Å²) in [5.74, 6) is -9.55. The Labute approximate surface area is 152 Å². The maximum Gasteiger partial charge on any atom is 0.340 e. The van der Waals surface area contributed by atoms with Crippen molar-refractivity contribution >= 4 is 11.8 Å². The number of aryl methyl sites for hydroxylation is 1. The fourth-order valence-electron chi connectivity index (χ4n) is 2.59. The van der Waals surface area contributed by atoms with Gasteiger partial charge in [0, 0.05) is 11.8 Å². The minimum Gasteiger partial charge on any atom is -0.476 e. The summed E-state index contributed by atoms with van der Waals surface area (Å²) in [6, 6.07) is 0.0358. The third kappa shape index (κ3) is 3.81. The molecule has 1 aromatic heterocycles. The number of hydrogen-bond acceptors (Lipinski definition) is 4. The zero-order valence-corrected chi connectivity index (χ0v) is 15.0. The van der Waals surface area contributed by atoms with Crippen molar-refractivity contribution in [1.29, 1.82) is 0 Å². The number of ether oxygens (including phenoxy) is 2. The third-order valence-corrected chi connectivity index (χ3v) is 3.90. The summed E-state index contributed by atoms with van der Waals surface area (Å²) in [6.45, 7) is 5.94. The lowest BCUT2D eigenvalue weighted by Gasteiger charge is -2.15. The second-order valence-electron chi connectivity index (χ2n) is 5.77. The minimum atomic E-state index is -1.75. The molecular formula is C18H17F4NO4. The van der Waals surface area contributed by atoms with E-state index in [0.717, 1.165) is 6.92 Å². The Hall–Kier alpha value is -2.84. The number of rotatable bonds is 6. The summed E-state index contributed by atoms with van der Waals surface area (Å²) in [7, 11) is 0. The third-order valence-electron chi connectivity index (χ3n) is 3.90. The lowest BCUT2D eigenvalue weighted by atomic mass is 10.1. The number of hydrogen-bond donors (Lipinski definition) is 1. The van der Waals surface area contributed by atoms with Gasteiger partial charge in [-0.15, -0.1) is 0 Å². The van der Waals surface area contributed by atoms with E-state index in [1.54, 1.807) is 13.8 Å². The Balaban J connectivity index is 2.35. The standard InChI is InChI=1S/C18H17F4NO4/c1-5-26-18(25)12-7(2)15(23-8(12)3)16(24)9(4)27-17-13(21)10(19)6-11(20)14(17)22/h6,9,23H,5H2,1-4H3/t9-/m0/s1. The molecule has 9 heteroatoms. The highest BCUT2D eigenvalue weighted by Gasteiger charge is 2.29. The first-order chi connectivity index (χ1) is 12.6. The highest BCUT2D eigenvalue weighted by molar-refractivity contribution is 6.03. The van der Waals surface area contributed by atoms with Gasteiger partial charge in [0.1, 0.15) is 0 Å². The maximum absolute atomic E-state index is 13.7. The number of benzene rings is 1. The van der Waals surface area contributed by atoms with Crippen LogP contribution in [-0.2, 0) is 4.74 Å². The predicted molar refractivity (Wildman–Crippen MR) is 86.9 cm³/mol. The van der Waals surface area contributed by atoms with Crippen LogP contribution in [-0.4, -0.2) is 29.4 Å². The van der Waals surface area contributed by atoms with Gasteiger partial charge in [0.05, 0.1) is 17.9 Å². The second-order valence-corrected chi connectivity index (χ2v) is 5.77. The van der Waals surface area contributed by atoms with Crippen molar-refractivity contribution in [2.75, 3.05) is 6.61 Å². The Morgan fingerprint density at radius 1 is 1.11 bits per heavy atom. The molecule has 0 aliphatic heterocycles. The fraction of sp³-hybridized carbons (Fsp3) is 0.333. The topological polar surface area (TPSA) is 68.4 Å². The van der Waals surface area contributed by atoms with E-state index in [9.17, 15) is 27.2 Å². The molecule has 0 spiro atoms. The van der Waals surface area contributed by atoms with Crippen LogP contribution < -0.4 is 4.74 Å². The Morgan fingerprint density at radius 2 is 1.67 bits per heavy atom. The van der Waals surface area contributed by atoms with Gasteiger partial charge in [-0.05, 0) is 33.3 Å². The molecule has 0 unspecified atom stereocenters. The lowest BCUT2D eigenvalue weighted by molar-refractivity contribution is 0.0525. The van der Waals surface area contributed by atoms with Crippen LogP contribution in [0.25, 0.3) is 0 Å². The number of Topliss-reactive ketones (excluding diaryl/α,β-unsaturated/α-hetero) is 1. The number of H-pyrrole nitrogens is 1. The SMILES string of the molecule is CCOC(=O)c1c(C)[nH]c(C(=O)[C@H](C)Oc2c(F)c(F)cc(F)c2F)c1C. The van der Waals surface area contributed by atoms with Crippen LogP contribution in [0.15, 0.2) is 6.07 Å². The summed E-state index contributed by atoms with van der Waals surface area (Å²) in [5.41, 5.74) is 0.732. The number of nitrogens with one attached hydrogen (secondary N) is 1. The van der Waals surface area contributed by atoms with Crippen molar-refractivity contribution in [1.82, 2.24) is 4.98 Å². The molecule has 1 atom stereocenters. The van der Waals surface area contributed by atoms with Gasteiger partial charge in [-0.25, -0.2) is 13.6 Å². The van der Waals surface area contributed by atoms with Crippen LogP contribution in [0.4, 0.5) is 17.6 Å². The predicted octanol–water partition coefficient (Wildman–Crippen LogP) is 4.01. The van der Waals surface area contributed by atoms with Crippen LogP contribution in [0.1, 0.15) is 46.0 Å². The van der Waals surface area contributed by atoms with Crippen LogP contribution >= 0.6 is 0 Å². The number of aromatic amines is 1. The number of carbonyl (C=O) groups is 2. The van der Waals surface area contributed by atoms with E-state index in [1.165, 1.54) is 6.92 Å². The van der Waals surface area contributed by atoms with E-state index in [0.29, 0.717) is 5.69 Å². The Kier molecular flexibility index (Phi) is 5.92. The van der Waals surface area contributed by atoms with Crippen molar-refractivity contribution in [3.8, 4) is 5.75 Å². The molecule has 0 radical (unpaired) electrons. The molecular weight excluding hydrogens is 370 g/mol. The number of aromatic nitrogens is 1. The van der Waals surface area contributed by atoms with Crippen LogP contribution in [0.3, 0.4) is 0 Å². The molecule has 2 aromatic rings. The van der Waals surface area contributed by atoms with Gasteiger partial charge in [-0.2, -0.15) is 8.78 Å². The van der Waals surface area contributed by atoms with Crippen LogP contribution in [0.5, 0.6) is 5.75 Å². The van der Waals surface area contributed by atoms with Crippen molar-refractivity contribution in [3.05, 3.63) is 51.9 Å². The van der Waals surface area contributed by atoms with Gasteiger partial charge < -0.3 is 14.5 Å². The molecule has 1 aromatic carbocycles. The normalized spacial score (nSPS) is 12.0. The molecule has 146 valence electrons. The number of carbonyl (C=O) groups excluding carboxylic acids is 2. The quantitative estimate of drug-likeness (QED) is 0.352. The number of halogens is 4. The fourth-order valence-corrected chi connectivity index (χ4v) is 2.59. The smallest absolute Gasteiger partial charge is 0.340 e. The summed E-state index contributed by atoms with van der Waals surface area (Å²) < 4.78 is 63.7. The van der Waals surface area contributed by atoms with E-state index in [2.05, 4.69) is 4.98 Å². The Morgan fingerprint density at radius 3 is 2.19 bits per heavy atom. The van der Waals surface area contributed by atoms with Gasteiger partial charge >= 0.3 is 5.97 Å². The molecule has 0 saturated heterocycles. The van der Waals surface area contributed by atoms with Crippen LogP contribution in [0, 0.1) is 37.1 Å². The molecule has 0 bridgehead atoms. The van der Waals surface area contributed by atoms with Crippen molar-refractivity contribution < 1.29 is 36.6 Å². The average molecular weight is 387 g/mol. The molecule has 1 heterocycles.